The monoisotopic (exact) mass is 447 g/mol. The smallest absolute Gasteiger partial charge is 0.410 e. The van der Waals surface area contributed by atoms with Crippen molar-refractivity contribution in [1.82, 2.24) is 9.88 Å². The Morgan fingerprint density at radius 2 is 1.84 bits per heavy atom. The topological polar surface area (TPSA) is 71.5 Å². The number of anilines is 1. The molecule has 164 valence electrons. The first-order valence-corrected chi connectivity index (χ1v) is 11.5. The highest BCUT2D eigenvalue weighted by molar-refractivity contribution is 7.10. The molecule has 1 aliphatic rings. The fourth-order valence-corrected chi connectivity index (χ4v) is 4.73. The summed E-state index contributed by atoms with van der Waals surface area (Å²) in [6.45, 7) is 5.01. The molecule has 2 aromatic carbocycles. The summed E-state index contributed by atoms with van der Waals surface area (Å²) >= 11 is 1.50. The van der Waals surface area contributed by atoms with Gasteiger partial charge < -0.3 is 15.0 Å². The number of aromatic nitrogens is 1. The van der Waals surface area contributed by atoms with Crippen molar-refractivity contribution in [3.05, 3.63) is 83.3 Å². The van der Waals surface area contributed by atoms with Crippen LogP contribution in [0.15, 0.2) is 72.6 Å². The first kappa shape index (κ1) is 21.8. The van der Waals surface area contributed by atoms with Gasteiger partial charge in [-0.2, -0.15) is 0 Å². The van der Waals surface area contributed by atoms with Crippen LogP contribution in [0.5, 0.6) is 0 Å². The summed E-state index contributed by atoms with van der Waals surface area (Å²) in [6.07, 6.45) is 2.86. The average molecular weight is 448 g/mol. The number of hydrogen-bond acceptors (Lipinski definition) is 5. The van der Waals surface area contributed by atoms with Crippen molar-refractivity contribution in [2.45, 2.75) is 18.8 Å². The van der Waals surface area contributed by atoms with E-state index in [1.807, 2.05) is 54.6 Å². The van der Waals surface area contributed by atoms with Crippen molar-refractivity contribution in [1.29, 1.82) is 0 Å². The van der Waals surface area contributed by atoms with Gasteiger partial charge in [0, 0.05) is 35.6 Å². The second-order valence-electron chi connectivity index (χ2n) is 7.56. The molecule has 1 N–H and O–H groups in total. The second-order valence-corrected chi connectivity index (χ2v) is 8.45. The zero-order valence-corrected chi connectivity index (χ0v) is 18.5. The van der Waals surface area contributed by atoms with Crippen LogP contribution in [-0.2, 0) is 4.74 Å². The molecule has 4 rings (SSSR count). The Morgan fingerprint density at radius 3 is 2.59 bits per heavy atom. The summed E-state index contributed by atoms with van der Waals surface area (Å²) in [5, 5.41) is 5.75. The lowest BCUT2D eigenvalue weighted by Crippen LogP contribution is -2.38. The summed E-state index contributed by atoms with van der Waals surface area (Å²) in [5.41, 5.74) is 3.18. The molecule has 6 nitrogen and oxygen atoms in total. The molecule has 1 aromatic heterocycles. The highest BCUT2D eigenvalue weighted by atomic mass is 32.1. The van der Waals surface area contributed by atoms with Crippen LogP contribution in [-0.4, -0.2) is 41.6 Å². The minimum atomic E-state index is -0.306. The lowest BCUT2D eigenvalue weighted by Gasteiger charge is -2.30. The van der Waals surface area contributed by atoms with E-state index in [4.69, 9.17) is 4.74 Å². The fourth-order valence-electron chi connectivity index (χ4n) is 3.76. The molecule has 0 atom stereocenters. The lowest BCUT2D eigenvalue weighted by atomic mass is 9.98. The molecule has 7 heteroatoms. The third-order valence-corrected chi connectivity index (χ3v) is 6.45. The zero-order valence-electron chi connectivity index (χ0n) is 17.7. The number of thiazole rings is 1. The molecule has 1 fully saturated rings. The number of ether oxygens (including phenoxy) is 1. The highest BCUT2D eigenvalue weighted by Gasteiger charge is 2.27. The summed E-state index contributed by atoms with van der Waals surface area (Å²) in [7, 11) is 0. The van der Waals surface area contributed by atoms with Gasteiger partial charge in [0.05, 0.1) is 5.01 Å². The Hall–Kier alpha value is -3.45. The summed E-state index contributed by atoms with van der Waals surface area (Å²) < 4.78 is 5.11. The van der Waals surface area contributed by atoms with Crippen LogP contribution < -0.4 is 5.32 Å². The van der Waals surface area contributed by atoms with Crippen molar-refractivity contribution < 1.29 is 14.3 Å². The van der Waals surface area contributed by atoms with Gasteiger partial charge >= 0.3 is 6.09 Å². The van der Waals surface area contributed by atoms with Gasteiger partial charge in [-0.15, -0.1) is 11.3 Å². The molecule has 2 amide bonds. The van der Waals surface area contributed by atoms with Crippen LogP contribution in [0.1, 0.15) is 34.3 Å². The Labute approximate surface area is 191 Å². The predicted molar refractivity (Wildman–Crippen MR) is 127 cm³/mol. The first-order valence-electron chi connectivity index (χ1n) is 10.6. The molecule has 0 saturated carbocycles. The van der Waals surface area contributed by atoms with E-state index in [1.54, 1.807) is 16.4 Å². The predicted octanol–water partition coefficient (Wildman–Crippen LogP) is 5.56. The molecular weight excluding hydrogens is 422 g/mol. The maximum absolute atomic E-state index is 12.9. The third kappa shape index (κ3) is 5.06. The molecule has 0 aliphatic carbocycles. The van der Waals surface area contributed by atoms with E-state index in [-0.39, 0.29) is 24.5 Å². The molecule has 0 radical (unpaired) electrons. The van der Waals surface area contributed by atoms with Crippen LogP contribution in [0.25, 0.3) is 11.1 Å². The van der Waals surface area contributed by atoms with Gasteiger partial charge in [0.1, 0.15) is 12.3 Å². The third-order valence-electron chi connectivity index (χ3n) is 5.44. The van der Waals surface area contributed by atoms with E-state index in [9.17, 15) is 9.59 Å². The van der Waals surface area contributed by atoms with Crippen LogP contribution in [0.2, 0.25) is 0 Å². The molecule has 0 bridgehead atoms. The molecule has 1 aliphatic heterocycles. The summed E-state index contributed by atoms with van der Waals surface area (Å²) in [6, 6.07) is 17.7. The number of hydrogen-bond donors (Lipinski definition) is 1. The number of benzene rings is 2. The zero-order chi connectivity index (χ0) is 22.3. The van der Waals surface area contributed by atoms with Gasteiger partial charge in [-0.3, -0.25) is 4.79 Å². The molecule has 2 heterocycles. The molecule has 0 spiro atoms. The number of carbonyl (C=O) groups excluding carboxylic acids is 2. The van der Waals surface area contributed by atoms with Crippen molar-refractivity contribution >= 4 is 29.0 Å². The number of nitrogens with zero attached hydrogens (tertiary/aromatic N) is 2. The van der Waals surface area contributed by atoms with E-state index in [0.29, 0.717) is 18.8 Å². The van der Waals surface area contributed by atoms with E-state index in [0.717, 1.165) is 34.7 Å². The van der Waals surface area contributed by atoms with E-state index in [2.05, 4.69) is 16.9 Å². The minimum Gasteiger partial charge on any atom is -0.445 e. The van der Waals surface area contributed by atoms with Crippen molar-refractivity contribution in [2.24, 2.45) is 0 Å². The first-order chi connectivity index (χ1) is 15.7. The molecule has 3 aromatic rings. The number of para-hydroxylation sites is 1. The molecule has 1 saturated heterocycles. The average Bonchev–Trinajstić information content (AvgIpc) is 3.34. The van der Waals surface area contributed by atoms with Gasteiger partial charge in [0.25, 0.3) is 5.91 Å². The number of nitrogens with one attached hydrogen (secondary N) is 1. The van der Waals surface area contributed by atoms with Crippen LogP contribution in [0, 0.1) is 0 Å². The van der Waals surface area contributed by atoms with Crippen LogP contribution >= 0.6 is 11.3 Å². The number of carbonyl (C=O) groups is 2. The van der Waals surface area contributed by atoms with Crippen molar-refractivity contribution in [3.63, 3.8) is 0 Å². The Bertz CT molecular complexity index is 1090. The number of likely N-dealkylation sites (tertiary alicyclic amines) is 1. The number of rotatable bonds is 6. The van der Waals surface area contributed by atoms with Gasteiger partial charge in [-0.05, 0) is 24.5 Å². The number of piperidine rings is 1. The van der Waals surface area contributed by atoms with E-state index in [1.165, 1.54) is 11.3 Å². The van der Waals surface area contributed by atoms with Gasteiger partial charge in [0.15, 0.2) is 0 Å². The quantitative estimate of drug-likeness (QED) is 0.502. The lowest BCUT2D eigenvalue weighted by molar-refractivity contribution is 0.102. The van der Waals surface area contributed by atoms with Crippen molar-refractivity contribution in [2.75, 3.05) is 25.0 Å². The fraction of sp³-hybridized carbons (Fsp3) is 0.240. The maximum Gasteiger partial charge on any atom is 0.410 e. The number of amides is 2. The summed E-state index contributed by atoms with van der Waals surface area (Å²) in [5.74, 6) is 0.0166. The Kier molecular flexibility index (Phi) is 6.97. The van der Waals surface area contributed by atoms with Gasteiger partial charge in [0.2, 0.25) is 0 Å². The molecule has 0 unspecified atom stereocenters. The second kappa shape index (κ2) is 10.2. The summed E-state index contributed by atoms with van der Waals surface area (Å²) in [4.78, 5) is 31.2. The minimum absolute atomic E-state index is 0.219. The standard InChI is InChI=1S/C25H25N3O3S/c1-2-16-31-25(30)28-14-12-19(13-15-28)24-27-22(17-32-24)23(29)26-21-11-7-6-10-20(21)18-8-4-3-5-9-18/h2-11,17,19H,1,12-16H2,(H,26,29). The molecular formula is C25H25N3O3S. The largest absolute Gasteiger partial charge is 0.445 e. The maximum atomic E-state index is 12.9. The highest BCUT2D eigenvalue weighted by Crippen LogP contribution is 2.31. The van der Waals surface area contributed by atoms with E-state index >= 15 is 0 Å². The van der Waals surface area contributed by atoms with Crippen LogP contribution in [0.4, 0.5) is 10.5 Å². The van der Waals surface area contributed by atoms with Gasteiger partial charge in [-0.1, -0.05) is 61.2 Å². The Morgan fingerprint density at radius 1 is 1.12 bits per heavy atom. The molecule has 32 heavy (non-hydrogen) atoms. The SMILES string of the molecule is C=CCOC(=O)N1CCC(c2nc(C(=O)Nc3ccccc3-c3ccccc3)cs2)CC1. The normalized spacial score (nSPS) is 14.1. The van der Waals surface area contributed by atoms with Gasteiger partial charge in [-0.25, -0.2) is 9.78 Å². The van der Waals surface area contributed by atoms with Crippen LogP contribution in [0.3, 0.4) is 0 Å². The Balaban J connectivity index is 1.39. The van der Waals surface area contributed by atoms with Crippen molar-refractivity contribution in [3.8, 4) is 11.1 Å². The van der Waals surface area contributed by atoms with E-state index < -0.39 is 0 Å².